The second-order valence-corrected chi connectivity index (χ2v) is 9.16. The third kappa shape index (κ3) is 4.93. The minimum Gasteiger partial charge on any atom is -0.496 e. The highest BCUT2D eigenvalue weighted by molar-refractivity contribution is 6.00. The van der Waals surface area contributed by atoms with Crippen molar-refractivity contribution in [3.63, 3.8) is 0 Å². The Kier molecular flexibility index (Phi) is 6.55. The maximum absolute atomic E-state index is 13.7. The number of para-hydroxylation sites is 2. The highest BCUT2D eigenvalue weighted by atomic mass is 16.5. The molecule has 2 fully saturated rings. The molecule has 5 rings (SSSR count). The SMILES string of the molecule is COc1ccccc1-c1nn(-c2ccccc2)cc1C(=O)N1CCN(C(C)C(=O)NC2CC2)CC1. The van der Waals surface area contributed by atoms with Crippen LogP contribution >= 0.6 is 0 Å². The van der Waals surface area contributed by atoms with E-state index in [1.807, 2.05) is 66.4 Å². The Morgan fingerprint density at radius 1 is 1.00 bits per heavy atom. The summed E-state index contributed by atoms with van der Waals surface area (Å²) in [5, 5.41) is 7.88. The number of ether oxygens (including phenoxy) is 1. The van der Waals surface area contributed by atoms with Crippen molar-refractivity contribution in [2.75, 3.05) is 33.3 Å². The first-order chi connectivity index (χ1) is 17.0. The van der Waals surface area contributed by atoms with Crippen LogP contribution in [0.25, 0.3) is 16.9 Å². The summed E-state index contributed by atoms with van der Waals surface area (Å²) in [4.78, 5) is 30.2. The van der Waals surface area contributed by atoms with Gasteiger partial charge in [-0.05, 0) is 44.0 Å². The summed E-state index contributed by atoms with van der Waals surface area (Å²) in [7, 11) is 1.62. The first kappa shape index (κ1) is 23.1. The predicted molar refractivity (Wildman–Crippen MR) is 134 cm³/mol. The summed E-state index contributed by atoms with van der Waals surface area (Å²) in [5.74, 6) is 0.679. The molecule has 35 heavy (non-hydrogen) atoms. The zero-order chi connectivity index (χ0) is 24.4. The average molecular weight is 474 g/mol. The van der Waals surface area contributed by atoms with Crippen molar-refractivity contribution in [1.29, 1.82) is 0 Å². The van der Waals surface area contributed by atoms with E-state index in [9.17, 15) is 9.59 Å². The van der Waals surface area contributed by atoms with Gasteiger partial charge in [0, 0.05) is 44.0 Å². The summed E-state index contributed by atoms with van der Waals surface area (Å²) in [6.45, 7) is 4.37. The monoisotopic (exact) mass is 473 g/mol. The highest BCUT2D eigenvalue weighted by Gasteiger charge is 2.32. The molecule has 0 bridgehead atoms. The smallest absolute Gasteiger partial charge is 0.257 e. The van der Waals surface area contributed by atoms with Gasteiger partial charge in [-0.15, -0.1) is 0 Å². The molecule has 1 aliphatic heterocycles. The van der Waals surface area contributed by atoms with Crippen molar-refractivity contribution in [2.24, 2.45) is 0 Å². The van der Waals surface area contributed by atoms with Gasteiger partial charge in [0.25, 0.3) is 5.91 Å². The number of piperazine rings is 1. The topological polar surface area (TPSA) is 79.7 Å². The number of amides is 2. The standard InChI is InChI=1S/C27H31N5O3/c1-19(26(33)28-20-12-13-20)30-14-16-31(17-15-30)27(34)23-18-32(21-8-4-3-5-9-21)29-25(23)22-10-6-7-11-24(22)35-2/h3-11,18-20H,12-17H2,1-2H3,(H,28,33). The van der Waals surface area contributed by atoms with Gasteiger partial charge in [0.15, 0.2) is 0 Å². The van der Waals surface area contributed by atoms with Gasteiger partial charge >= 0.3 is 0 Å². The second kappa shape index (κ2) is 9.92. The molecule has 1 atom stereocenters. The molecule has 1 aliphatic carbocycles. The van der Waals surface area contributed by atoms with Crippen molar-refractivity contribution in [2.45, 2.75) is 31.8 Å². The van der Waals surface area contributed by atoms with Crippen molar-refractivity contribution >= 4 is 11.8 Å². The Morgan fingerprint density at radius 3 is 2.37 bits per heavy atom. The van der Waals surface area contributed by atoms with Crippen LogP contribution in [0.5, 0.6) is 5.75 Å². The van der Waals surface area contributed by atoms with E-state index in [2.05, 4.69) is 10.2 Å². The van der Waals surface area contributed by atoms with Gasteiger partial charge < -0.3 is 15.0 Å². The molecule has 1 saturated heterocycles. The van der Waals surface area contributed by atoms with E-state index >= 15 is 0 Å². The number of hydrogen-bond donors (Lipinski definition) is 1. The van der Waals surface area contributed by atoms with Crippen LogP contribution in [0.15, 0.2) is 60.8 Å². The molecule has 2 aromatic carbocycles. The minimum absolute atomic E-state index is 0.0668. The van der Waals surface area contributed by atoms with Gasteiger partial charge in [-0.3, -0.25) is 14.5 Å². The second-order valence-electron chi connectivity index (χ2n) is 9.16. The van der Waals surface area contributed by atoms with Crippen LogP contribution in [0.4, 0.5) is 0 Å². The third-order valence-electron chi connectivity index (χ3n) is 6.78. The number of rotatable bonds is 7. The van der Waals surface area contributed by atoms with Crippen LogP contribution in [0.3, 0.4) is 0 Å². The number of hydrogen-bond acceptors (Lipinski definition) is 5. The Labute approximate surface area is 205 Å². The van der Waals surface area contributed by atoms with Gasteiger partial charge in [-0.25, -0.2) is 4.68 Å². The number of methoxy groups -OCH3 is 1. The minimum atomic E-state index is -0.196. The van der Waals surface area contributed by atoms with E-state index in [1.54, 1.807) is 18.0 Å². The molecule has 1 saturated carbocycles. The van der Waals surface area contributed by atoms with Crippen molar-refractivity contribution < 1.29 is 14.3 Å². The first-order valence-corrected chi connectivity index (χ1v) is 12.2. The van der Waals surface area contributed by atoms with Gasteiger partial charge in [0.1, 0.15) is 11.4 Å². The number of nitrogens with zero attached hydrogens (tertiary/aromatic N) is 4. The van der Waals surface area contributed by atoms with Crippen LogP contribution in [-0.2, 0) is 4.79 Å². The molecule has 182 valence electrons. The molecule has 8 nitrogen and oxygen atoms in total. The van der Waals surface area contributed by atoms with Crippen LogP contribution in [0, 0.1) is 0 Å². The number of aromatic nitrogens is 2. The van der Waals surface area contributed by atoms with Gasteiger partial charge in [0.05, 0.1) is 24.4 Å². The fourth-order valence-electron chi connectivity index (χ4n) is 4.48. The van der Waals surface area contributed by atoms with Gasteiger partial charge in [0.2, 0.25) is 5.91 Å². The number of carbonyl (C=O) groups excluding carboxylic acids is 2. The lowest BCUT2D eigenvalue weighted by molar-refractivity contribution is -0.126. The number of nitrogens with one attached hydrogen (secondary N) is 1. The fraction of sp³-hybridized carbons (Fsp3) is 0.370. The molecule has 8 heteroatoms. The molecular formula is C27H31N5O3. The Bertz CT molecular complexity index is 1200. The summed E-state index contributed by atoms with van der Waals surface area (Å²) in [5.41, 5.74) is 2.78. The van der Waals surface area contributed by atoms with Crippen LogP contribution in [-0.4, -0.2) is 76.8 Å². The highest BCUT2D eigenvalue weighted by Crippen LogP contribution is 2.32. The summed E-state index contributed by atoms with van der Waals surface area (Å²) < 4.78 is 7.32. The Morgan fingerprint density at radius 2 is 1.69 bits per heavy atom. The normalized spacial score (nSPS) is 17.1. The molecule has 2 heterocycles. The summed E-state index contributed by atoms with van der Waals surface area (Å²) in [6.07, 6.45) is 3.95. The first-order valence-electron chi connectivity index (χ1n) is 12.2. The molecule has 0 spiro atoms. The van der Waals surface area contributed by atoms with E-state index in [0.29, 0.717) is 49.2 Å². The van der Waals surface area contributed by atoms with Crippen LogP contribution in [0.2, 0.25) is 0 Å². The van der Waals surface area contributed by atoms with E-state index < -0.39 is 0 Å². The predicted octanol–water partition coefficient (Wildman–Crippen LogP) is 2.97. The maximum atomic E-state index is 13.7. The van der Waals surface area contributed by atoms with Crippen molar-refractivity contribution in [1.82, 2.24) is 24.9 Å². The molecule has 2 aliphatic rings. The van der Waals surface area contributed by atoms with Gasteiger partial charge in [-0.2, -0.15) is 5.10 Å². The summed E-state index contributed by atoms with van der Waals surface area (Å²) in [6, 6.07) is 17.5. The lowest BCUT2D eigenvalue weighted by Crippen LogP contribution is -2.55. The molecular weight excluding hydrogens is 442 g/mol. The number of carbonyl (C=O) groups is 2. The molecule has 3 aromatic rings. The lowest BCUT2D eigenvalue weighted by Gasteiger charge is -2.37. The van der Waals surface area contributed by atoms with Crippen LogP contribution in [0.1, 0.15) is 30.1 Å². The Balaban J connectivity index is 1.38. The molecule has 0 radical (unpaired) electrons. The quantitative estimate of drug-likeness (QED) is 0.571. The molecule has 2 amide bonds. The third-order valence-corrected chi connectivity index (χ3v) is 6.78. The zero-order valence-corrected chi connectivity index (χ0v) is 20.2. The van der Waals surface area contributed by atoms with Crippen molar-refractivity contribution in [3.8, 4) is 22.7 Å². The zero-order valence-electron chi connectivity index (χ0n) is 20.2. The van der Waals surface area contributed by atoms with E-state index in [1.165, 1.54) is 0 Å². The molecule has 1 aromatic heterocycles. The molecule has 1 N–H and O–H groups in total. The summed E-state index contributed by atoms with van der Waals surface area (Å²) >= 11 is 0. The molecule has 1 unspecified atom stereocenters. The Hall–Kier alpha value is -3.65. The van der Waals surface area contributed by atoms with Crippen molar-refractivity contribution in [3.05, 3.63) is 66.4 Å². The fourth-order valence-corrected chi connectivity index (χ4v) is 4.48. The van der Waals surface area contributed by atoms with Crippen LogP contribution < -0.4 is 10.1 Å². The largest absolute Gasteiger partial charge is 0.496 e. The maximum Gasteiger partial charge on any atom is 0.257 e. The van der Waals surface area contributed by atoms with E-state index in [4.69, 9.17) is 9.84 Å². The van der Waals surface area contributed by atoms with E-state index in [0.717, 1.165) is 24.1 Å². The number of benzene rings is 2. The lowest BCUT2D eigenvalue weighted by atomic mass is 10.1. The van der Waals surface area contributed by atoms with E-state index in [-0.39, 0.29) is 17.9 Å². The van der Waals surface area contributed by atoms with Gasteiger partial charge in [-0.1, -0.05) is 30.3 Å². The average Bonchev–Trinajstić information content (AvgIpc) is 3.62.